The predicted molar refractivity (Wildman–Crippen MR) is 94.1 cm³/mol. The van der Waals surface area contributed by atoms with Gasteiger partial charge in [-0.25, -0.2) is 21.6 Å². The molecule has 0 spiro atoms. The number of nitrogens with zero attached hydrogens (tertiary/aromatic N) is 1. The number of aromatic nitrogens is 1. The Hall–Kier alpha value is -1.29. The van der Waals surface area contributed by atoms with Crippen LogP contribution in [-0.4, -0.2) is 38.6 Å². The fourth-order valence-corrected chi connectivity index (χ4v) is 7.70. The van der Waals surface area contributed by atoms with Crippen molar-refractivity contribution in [2.24, 2.45) is 0 Å². The zero-order valence-corrected chi connectivity index (χ0v) is 15.3. The van der Waals surface area contributed by atoms with E-state index in [1.165, 1.54) is 0 Å². The van der Waals surface area contributed by atoms with E-state index in [-0.39, 0.29) is 17.9 Å². The van der Waals surface area contributed by atoms with Crippen molar-refractivity contribution in [1.82, 2.24) is 9.71 Å². The first-order valence-electron chi connectivity index (χ1n) is 7.48. The predicted octanol–water partition coefficient (Wildman–Crippen LogP) is 1.53. The second-order valence-corrected chi connectivity index (χ2v) is 10.9. The Labute approximate surface area is 145 Å². The molecule has 6 nitrogen and oxygen atoms in total. The van der Waals surface area contributed by atoms with Crippen LogP contribution < -0.4 is 4.72 Å². The Morgan fingerprint density at radius 3 is 2.79 bits per heavy atom. The van der Waals surface area contributed by atoms with Gasteiger partial charge < -0.3 is 0 Å². The topological polar surface area (TPSA) is 93.2 Å². The number of sulfone groups is 1. The first kappa shape index (κ1) is 17.5. The van der Waals surface area contributed by atoms with Crippen molar-refractivity contribution in [3.63, 3.8) is 0 Å². The standard InChI is InChI=1S/C15H18N2O4S3/c18-23(19)7-4-14(11-23)24(20,21)17-15(8-12-3-6-22-10-12)13-2-1-5-16-9-13/h1-3,5-6,9-10,14-15,17H,4,7-8,11H2. The van der Waals surface area contributed by atoms with Crippen LogP contribution in [0.3, 0.4) is 0 Å². The van der Waals surface area contributed by atoms with E-state index >= 15 is 0 Å². The zero-order valence-electron chi connectivity index (χ0n) is 12.8. The summed E-state index contributed by atoms with van der Waals surface area (Å²) in [5.41, 5.74) is 1.78. The third-order valence-corrected chi connectivity index (χ3v) is 8.65. The van der Waals surface area contributed by atoms with E-state index in [4.69, 9.17) is 0 Å². The van der Waals surface area contributed by atoms with E-state index in [9.17, 15) is 16.8 Å². The van der Waals surface area contributed by atoms with Gasteiger partial charge in [0.25, 0.3) is 0 Å². The molecule has 24 heavy (non-hydrogen) atoms. The number of nitrogens with one attached hydrogen (secondary N) is 1. The van der Waals surface area contributed by atoms with Gasteiger partial charge in [0.15, 0.2) is 9.84 Å². The molecule has 1 saturated heterocycles. The summed E-state index contributed by atoms with van der Waals surface area (Å²) in [6.45, 7) is 0. The van der Waals surface area contributed by atoms with Gasteiger partial charge in [0.05, 0.1) is 22.8 Å². The van der Waals surface area contributed by atoms with Gasteiger partial charge >= 0.3 is 0 Å². The Bertz CT molecular complexity index is 878. The summed E-state index contributed by atoms with van der Waals surface area (Å²) in [6.07, 6.45) is 3.90. The molecule has 0 amide bonds. The van der Waals surface area contributed by atoms with E-state index < -0.39 is 31.2 Å². The van der Waals surface area contributed by atoms with Gasteiger partial charge in [0, 0.05) is 12.4 Å². The first-order valence-corrected chi connectivity index (χ1v) is 11.8. The highest BCUT2D eigenvalue weighted by molar-refractivity contribution is 7.95. The SMILES string of the molecule is O=S1(=O)CCC(S(=O)(=O)NC(Cc2ccsc2)c2cccnc2)C1. The third-order valence-electron chi connectivity index (χ3n) is 4.04. The maximum atomic E-state index is 12.6. The largest absolute Gasteiger partial charge is 0.264 e. The number of pyridine rings is 1. The average molecular weight is 387 g/mol. The van der Waals surface area contributed by atoms with Crippen LogP contribution in [0.4, 0.5) is 0 Å². The number of rotatable bonds is 6. The van der Waals surface area contributed by atoms with Crippen molar-refractivity contribution in [1.29, 1.82) is 0 Å². The highest BCUT2D eigenvalue weighted by Gasteiger charge is 2.38. The molecule has 0 bridgehead atoms. The lowest BCUT2D eigenvalue weighted by atomic mass is 10.0. The summed E-state index contributed by atoms with van der Waals surface area (Å²) in [5.74, 6) is -0.374. The van der Waals surface area contributed by atoms with E-state index in [0.29, 0.717) is 6.42 Å². The van der Waals surface area contributed by atoms with Gasteiger partial charge in [-0.15, -0.1) is 0 Å². The van der Waals surface area contributed by atoms with Crippen LogP contribution in [0.25, 0.3) is 0 Å². The third kappa shape index (κ3) is 4.21. The molecule has 9 heteroatoms. The Kier molecular flexibility index (Phi) is 5.05. The van der Waals surface area contributed by atoms with Crippen LogP contribution >= 0.6 is 11.3 Å². The van der Waals surface area contributed by atoms with E-state index in [2.05, 4.69) is 9.71 Å². The molecule has 3 rings (SSSR count). The fraction of sp³-hybridized carbons (Fsp3) is 0.400. The van der Waals surface area contributed by atoms with E-state index in [0.717, 1.165) is 11.1 Å². The van der Waals surface area contributed by atoms with Crippen LogP contribution in [0.1, 0.15) is 23.6 Å². The molecule has 2 aromatic rings. The lowest BCUT2D eigenvalue weighted by Crippen LogP contribution is -2.38. The molecule has 1 fully saturated rings. The van der Waals surface area contributed by atoms with Crippen LogP contribution in [-0.2, 0) is 26.3 Å². The monoisotopic (exact) mass is 386 g/mol. The van der Waals surface area contributed by atoms with Crippen LogP contribution in [0.2, 0.25) is 0 Å². The Balaban J connectivity index is 1.83. The van der Waals surface area contributed by atoms with Crippen LogP contribution in [0, 0.1) is 0 Å². The van der Waals surface area contributed by atoms with Gasteiger partial charge in [-0.2, -0.15) is 11.3 Å². The van der Waals surface area contributed by atoms with E-state index in [1.54, 1.807) is 29.8 Å². The quantitative estimate of drug-likeness (QED) is 0.813. The van der Waals surface area contributed by atoms with Crippen molar-refractivity contribution in [3.05, 3.63) is 52.5 Å². The summed E-state index contributed by atoms with van der Waals surface area (Å²) in [6, 6.07) is 5.05. The number of thiophene rings is 1. The molecule has 1 aliphatic rings. The smallest absolute Gasteiger partial charge is 0.216 e. The number of hydrogen-bond donors (Lipinski definition) is 1. The van der Waals surface area contributed by atoms with Crippen molar-refractivity contribution in [3.8, 4) is 0 Å². The number of sulfonamides is 1. The van der Waals surface area contributed by atoms with Gasteiger partial charge in [-0.1, -0.05) is 6.07 Å². The molecule has 2 unspecified atom stereocenters. The normalized spacial score (nSPS) is 21.6. The van der Waals surface area contributed by atoms with Gasteiger partial charge in [0.2, 0.25) is 10.0 Å². The molecule has 0 saturated carbocycles. The highest BCUT2D eigenvalue weighted by Crippen LogP contribution is 2.24. The minimum atomic E-state index is -3.74. The molecule has 0 aliphatic carbocycles. The molecule has 2 atom stereocenters. The molecule has 0 radical (unpaired) electrons. The Morgan fingerprint density at radius 2 is 2.21 bits per heavy atom. The molecular weight excluding hydrogens is 368 g/mol. The molecule has 2 aromatic heterocycles. The van der Waals surface area contributed by atoms with Crippen molar-refractivity contribution in [2.75, 3.05) is 11.5 Å². The van der Waals surface area contributed by atoms with E-state index in [1.807, 2.05) is 22.9 Å². The van der Waals surface area contributed by atoms with Gasteiger partial charge in [-0.3, -0.25) is 4.98 Å². The zero-order chi connectivity index (χ0) is 17.2. The molecule has 0 aromatic carbocycles. The average Bonchev–Trinajstić information content (AvgIpc) is 3.17. The number of hydrogen-bond acceptors (Lipinski definition) is 6. The lowest BCUT2D eigenvalue weighted by molar-refractivity contribution is 0.543. The van der Waals surface area contributed by atoms with Gasteiger partial charge in [0.1, 0.15) is 0 Å². The van der Waals surface area contributed by atoms with Crippen molar-refractivity contribution >= 4 is 31.2 Å². The lowest BCUT2D eigenvalue weighted by Gasteiger charge is -2.21. The summed E-state index contributed by atoms with van der Waals surface area (Å²) in [5, 5.41) is 3.02. The summed E-state index contributed by atoms with van der Waals surface area (Å²) >= 11 is 1.55. The summed E-state index contributed by atoms with van der Waals surface area (Å²) in [7, 11) is -6.99. The summed E-state index contributed by atoms with van der Waals surface area (Å²) in [4.78, 5) is 4.06. The van der Waals surface area contributed by atoms with Crippen molar-refractivity contribution in [2.45, 2.75) is 24.1 Å². The second-order valence-electron chi connectivity index (χ2n) is 5.86. The second kappa shape index (κ2) is 6.91. The van der Waals surface area contributed by atoms with Crippen LogP contribution in [0.5, 0.6) is 0 Å². The highest BCUT2D eigenvalue weighted by atomic mass is 32.2. The minimum absolute atomic E-state index is 0.0688. The minimum Gasteiger partial charge on any atom is -0.264 e. The van der Waals surface area contributed by atoms with Crippen LogP contribution in [0.15, 0.2) is 41.4 Å². The Morgan fingerprint density at radius 1 is 1.38 bits per heavy atom. The summed E-state index contributed by atoms with van der Waals surface area (Å²) < 4.78 is 51.2. The van der Waals surface area contributed by atoms with Gasteiger partial charge in [-0.05, 0) is 46.9 Å². The molecule has 130 valence electrons. The van der Waals surface area contributed by atoms with Crippen molar-refractivity contribution < 1.29 is 16.8 Å². The first-order chi connectivity index (χ1) is 11.4. The maximum absolute atomic E-state index is 12.6. The molecule has 1 aliphatic heterocycles. The molecule has 3 heterocycles. The molecular formula is C15H18N2O4S3. The fourth-order valence-electron chi connectivity index (χ4n) is 2.75. The molecule has 1 N–H and O–H groups in total. The maximum Gasteiger partial charge on any atom is 0.216 e.